The van der Waals surface area contributed by atoms with Crippen molar-refractivity contribution in [2.45, 2.75) is 6.92 Å². The second kappa shape index (κ2) is 4.65. The molecule has 2 aliphatic heterocycles. The maximum Gasteiger partial charge on any atom is 0.357 e. The molecule has 2 aliphatic rings. The van der Waals surface area contributed by atoms with E-state index in [-0.39, 0.29) is 10.4 Å². The number of hydrogen-bond acceptors (Lipinski definition) is 5. The summed E-state index contributed by atoms with van der Waals surface area (Å²) >= 11 is 7.70. The number of carbonyl (C=O) groups excluding carboxylic acids is 1. The van der Waals surface area contributed by atoms with Crippen molar-refractivity contribution >= 4 is 39.8 Å². The minimum absolute atomic E-state index is 0.0139. The van der Waals surface area contributed by atoms with Crippen molar-refractivity contribution < 1.29 is 9.28 Å². The molecule has 114 valence electrons. The molecular formula is C16H12ClN4OS+. The van der Waals surface area contributed by atoms with Crippen molar-refractivity contribution in [3.05, 3.63) is 39.9 Å². The van der Waals surface area contributed by atoms with E-state index in [0.29, 0.717) is 40.2 Å². The van der Waals surface area contributed by atoms with Crippen LogP contribution in [0, 0.1) is 18.3 Å². The van der Waals surface area contributed by atoms with Gasteiger partial charge in [-0.15, -0.1) is 11.3 Å². The molecule has 1 saturated heterocycles. The van der Waals surface area contributed by atoms with Crippen LogP contribution in [0.5, 0.6) is 0 Å². The number of nitriles is 1. The van der Waals surface area contributed by atoms with Gasteiger partial charge in [0.05, 0.1) is 11.6 Å². The molecule has 1 aromatic heterocycles. The molecule has 1 spiro atoms. The van der Waals surface area contributed by atoms with E-state index in [1.807, 2.05) is 6.92 Å². The Morgan fingerprint density at radius 3 is 2.83 bits per heavy atom. The average Bonchev–Trinajstić information content (AvgIpc) is 3.27. The number of hydrogen-bond donors (Lipinski definition) is 1. The number of aliphatic imine (C=N–C) groups is 1. The number of halogens is 1. The number of guanidine groups is 1. The van der Waals surface area contributed by atoms with Gasteiger partial charge in [-0.2, -0.15) is 14.7 Å². The third-order valence-electron chi connectivity index (χ3n) is 4.40. The lowest BCUT2D eigenvalue weighted by Gasteiger charge is -2.17. The van der Waals surface area contributed by atoms with Crippen molar-refractivity contribution in [3.63, 3.8) is 0 Å². The second-order valence-corrected chi connectivity index (χ2v) is 7.14. The first-order valence-corrected chi connectivity index (χ1v) is 8.27. The Morgan fingerprint density at radius 2 is 2.17 bits per heavy atom. The van der Waals surface area contributed by atoms with Gasteiger partial charge in [-0.3, -0.25) is 0 Å². The number of fused-ring (bicyclic) bond motifs is 1. The molecule has 0 atom stereocenters. The zero-order valence-corrected chi connectivity index (χ0v) is 13.8. The lowest BCUT2D eigenvalue weighted by Crippen LogP contribution is -2.46. The summed E-state index contributed by atoms with van der Waals surface area (Å²) in [6.45, 7) is 3.32. The summed E-state index contributed by atoms with van der Waals surface area (Å²) in [5, 5.41) is 10.3. The number of benzene rings is 1. The minimum atomic E-state index is 0.0139. The van der Waals surface area contributed by atoms with Crippen LogP contribution in [0.4, 0.5) is 5.00 Å². The number of quaternary nitrogens is 1. The SMILES string of the molecule is Cc1c(-c2cc(C#N)ccc2Cl)sc2c1C(=O)[N+]1(CC1)C(N)=N2. The van der Waals surface area contributed by atoms with Crippen LogP contribution in [-0.4, -0.2) is 29.4 Å². The Labute approximate surface area is 141 Å². The van der Waals surface area contributed by atoms with Gasteiger partial charge < -0.3 is 5.73 Å². The molecule has 0 unspecified atom stereocenters. The zero-order chi connectivity index (χ0) is 16.4. The van der Waals surface area contributed by atoms with E-state index in [2.05, 4.69) is 11.1 Å². The number of amides is 1. The van der Waals surface area contributed by atoms with Crippen LogP contribution in [0.1, 0.15) is 21.5 Å². The molecule has 4 rings (SSSR count). The van der Waals surface area contributed by atoms with Crippen LogP contribution in [0.15, 0.2) is 23.2 Å². The largest absolute Gasteiger partial charge is 0.357 e. The van der Waals surface area contributed by atoms with Crippen LogP contribution in [0.3, 0.4) is 0 Å². The molecule has 0 bridgehead atoms. The molecule has 1 fully saturated rings. The topological polar surface area (TPSA) is 79.2 Å². The molecule has 2 aromatic rings. The first kappa shape index (κ1) is 14.4. The van der Waals surface area contributed by atoms with Gasteiger partial charge in [0, 0.05) is 15.5 Å². The van der Waals surface area contributed by atoms with E-state index in [1.54, 1.807) is 18.2 Å². The third kappa shape index (κ3) is 1.88. The molecule has 1 aromatic carbocycles. The van der Waals surface area contributed by atoms with Gasteiger partial charge in [-0.25, -0.2) is 4.79 Å². The van der Waals surface area contributed by atoms with E-state index >= 15 is 0 Å². The molecule has 0 saturated carbocycles. The molecule has 3 heterocycles. The summed E-state index contributed by atoms with van der Waals surface area (Å²) in [4.78, 5) is 18.1. The molecule has 2 N–H and O–H groups in total. The van der Waals surface area contributed by atoms with Crippen molar-refractivity contribution in [2.24, 2.45) is 10.7 Å². The summed E-state index contributed by atoms with van der Waals surface area (Å²) in [6, 6.07) is 7.23. The predicted molar refractivity (Wildman–Crippen MR) is 89.8 cm³/mol. The van der Waals surface area contributed by atoms with Gasteiger partial charge >= 0.3 is 11.9 Å². The second-order valence-electron chi connectivity index (χ2n) is 5.73. The predicted octanol–water partition coefficient (Wildman–Crippen LogP) is 3.18. The Balaban J connectivity index is 1.94. The average molecular weight is 344 g/mol. The molecule has 1 amide bonds. The summed E-state index contributed by atoms with van der Waals surface area (Å²) in [7, 11) is 0. The summed E-state index contributed by atoms with van der Waals surface area (Å²) in [5.74, 6) is 0.382. The van der Waals surface area contributed by atoms with E-state index in [9.17, 15) is 4.79 Å². The molecular weight excluding hydrogens is 332 g/mol. The molecule has 7 heteroatoms. The third-order valence-corrected chi connectivity index (χ3v) is 5.94. The lowest BCUT2D eigenvalue weighted by atomic mass is 10.0. The highest BCUT2D eigenvalue weighted by Crippen LogP contribution is 2.48. The fraction of sp³-hybridized carbons (Fsp3) is 0.188. The van der Waals surface area contributed by atoms with Crippen LogP contribution >= 0.6 is 22.9 Å². The van der Waals surface area contributed by atoms with Crippen molar-refractivity contribution in [1.82, 2.24) is 0 Å². The Morgan fingerprint density at radius 1 is 1.43 bits per heavy atom. The van der Waals surface area contributed by atoms with Gasteiger partial charge in [-0.05, 0) is 30.7 Å². The van der Waals surface area contributed by atoms with Gasteiger partial charge in [0.1, 0.15) is 23.7 Å². The summed E-state index contributed by atoms with van der Waals surface area (Å²) in [5.41, 5.74) is 8.76. The van der Waals surface area contributed by atoms with Crippen LogP contribution in [-0.2, 0) is 0 Å². The smallest absolute Gasteiger partial charge is 0.337 e. The van der Waals surface area contributed by atoms with Gasteiger partial charge in [0.15, 0.2) is 0 Å². The van der Waals surface area contributed by atoms with Crippen molar-refractivity contribution in [3.8, 4) is 16.5 Å². The summed E-state index contributed by atoms with van der Waals surface area (Å²) < 4.78 is 0.149. The van der Waals surface area contributed by atoms with Crippen molar-refractivity contribution in [2.75, 3.05) is 13.1 Å². The number of nitrogens with zero attached hydrogens (tertiary/aromatic N) is 3. The number of rotatable bonds is 1. The molecule has 0 radical (unpaired) electrons. The normalized spacial score (nSPS) is 17.6. The fourth-order valence-electron chi connectivity index (χ4n) is 2.90. The monoisotopic (exact) mass is 343 g/mol. The van der Waals surface area contributed by atoms with Gasteiger partial charge in [0.2, 0.25) is 0 Å². The lowest BCUT2D eigenvalue weighted by molar-refractivity contribution is -0.606. The van der Waals surface area contributed by atoms with E-state index < -0.39 is 0 Å². The summed E-state index contributed by atoms with van der Waals surface area (Å²) in [6.07, 6.45) is 0. The van der Waals surface area contributed by atoms with Crippen molar-refractivity contribution in [1.29, 1.82) is 5.26 Å². The number of thiophene rings is 1. The van der Waals surface area contributed by atoms with Gasteiger partial charge in [-0.1, -0.05) is 11.6 Å². The highest BCUT2D eigenvalue weighted by Gasteiger charge is 2.58. The van der Waals surface area contributed by atoms with E-state index in [1.165, 1.54) is 11.3 Å². The fourth-order valence-corrected chi connectivity index (χ4v) is 4.38. The Kier molecular flexibility index (Phi) is 2.91. The Hall–Kier alpha value is -2.20. The van der Waals surface area contributed by atoms with Crippen LogP contribution in [0.25, 0.3) is 10.4 Å². The maximum absolute atomic E-state index is 12.8. The highest BCUT2D eigenvalue weighted by atomic mass is 35.5. The van der Waals surface area contributed by atoms with E-state index in [0.717, 1.165) is 16.0 Å². The van der Waals surface area contributed by atoms with E-state index in [4.69, 9.17) is 22.6 Å². The molecule has 0 aliphatic carbocycles. The Bertz CT molecular complexity index is 950. The van der Waals surface area contributed by atoms with Gasteiger partial charge in [0.25, 0.3) is 0 Å². The number of nitrogens with two attached hydrogens (primary N) is 1. The van der Waals surface area contributed by atoms with Crippen LogP contribution < -0.4 is 5.73 Å². The molecule has 5 nitrogen and oxygen atoms in total. The number of carbonyl (C=O) groups is 1. The first-order chi connectivity index (χ1) is 11.0. The van der Waals surface area contributed by atoms with Crippen LogP contribution in [0.2, 0.25) is 5.02 Å². The zero-order valence-electron chi connectivity index (χ0n) is 12.3. The quantitative estimate of drug-likeness (QED) is 0.638. The minimum Gasteiger partial charge on any atom is -0.337 e. The maximum atomic E-state index is 12.8. The standard InChI is InChI=1S/C16H11ClN4OS/c1-8-12-14(20-16(19)21(4-5-21)15(12)22)23-13(8)10-6-9(7-18)2-3-11(10)17/h2-3,6H,4-5H2,1H3,(H-,19,20,22)/p+1. The molecule has 23 heavy (non-hydrogen) atoms. The highest BCUT2D eigenvalue weighted by molar-refractivity contribution is 7.20. The first-order valence-electron chi connectivity index (χ1n) is 7.08.